The first kappa shape index (κ1) is 26.3. The molecule has 0 amide bonds. The van der Waals surface area contributed by atoms with Crippen molar-refractivity contribution in [2.24, 2.45) is 5.73 Å². The molecular formula is C28H29ClNO2P. The molecule has 4 rings (SSSR count). The number of hydrogen-bond acceptors (Lipinski definition) is 2. The first-order valence-corrected chi connectivity index (χ1v) is 12.6. The van der Waals surface area contributed by atoms with E-state index in [1.165, 1.54) is 28.4 Å². The van der Waals surface area contributed by atoms with E-state index in [4.69, 9.17) is 10.8 Å². The maximum atomic E-state index is 9.57. The van der Waals surface area contributed by atoms with Crippen molar-refractivity contribution in [3.63, 3.8) is 0 Å². The van der Waals surface area contributed by atoms with Crippen molar-refractivity contribution in [3.8, 4) is 0 Å². The van der Waals surface area contributed by atoms with Crippen LogP contribution >= 0.6 is 7.26 Å². The minimum atomic E-state index is -1.78. The SMILES string of the molecule is CC(N)C(=O)O.[Cl-].c1ccc(C[P+](c2ccccc2)(c2ccccc2)c2ccccc2)cc1. The molecule has 0 aliphatic carbocycles. The number of aliphatic carboxylic acids is 1. The summed E-state index contributed by atoms with van der Waals surface area (Å²) in [5.74, 6) is -0.963. The number of carboxylic acids is 1. The monoisotopic (exact) mass is 477 g/mol. The van der Waals surface area contributed by atoms with Crippen LogP contribution < -0.4 is 34.1 Å². The van der Waals surface area contributed by atoms with Crippen LogP contribution in [0.3, 0.4) is 0 Å². The lowest BCUT2D eigenvalue weighted by atomic mass is 10.2. The molecule has 0 aromatic heterocycles. The molecule has 0 fully saturated rings. The highest BCUT2D eigenvalue weighted by Gasteiger charge is 2.45. The van der Waals surface area contributed by atoms with Gasteiger partial charge in [-0.25, -0.2) is 0 Å². The molecule has 0 spiro atoms. The van der Waals surface area contributed by atoms with Gasteiger partial charge in [0.1, 0.15) is 29.2 Å². The third-order valence-corrected chi connectivity index (χ3v) is 9.62. The van der Waals surface area contributed by atoms with Gasteiger partial charge in [-0.1, -0.05) is 84.9 Å². The quantitative estimate of drug-likeness (QED) is 0.415. The molecular weight excluding hydrogens is 449 g/mol. The fourth-order valence-electron chi connectivity index (χ4n) is 3.63. The van der Waals surface area contributed by atoms with E-state index in [2.05, 4.69) is 121 Å². The number of carbonyl (C=O) groups is 1. The molecule has 4 aromatic rings. The first-order valence-electron chi connectivity index (χ1n) is 10.6. The van der Waals surface area contributed by atoms with E-state index >= 15 is 0 Å². The van der Waals surface area contributed by atoms with E-state index in [1.807, 2.05) is 0 Å². The maximum Gasteiger partial charge on any atom is 0.320 e. The van der Waals surface area contributed by atoms with Gasteiger partial charge in [-0.2, -0.15) is 0 Å². The van der Waals surface area contributed by atoms with E-state index in [1.54, 1.807) is 0 Å². The number of rotatable bonds is 6. The zero-order chi connectivity index (χ0) is 22.8. The van der Waals surface area contributed by atoms with E-state index in [-0.39, 0.29) is 12.4 Å². The topological polar surface area (TPSA) is 63.3 Å². The van der Waals surface area contributed by atoms with Crippen molar-refractivity contribution < 1.29 is 22.3 Å². The van der Waals surface area contributed by atoms with Crippen molar-refractivity contribution in [3.05, 3.63) is 127 Å². The van der Waals surface area contributed by atoms with Gasteiger partial charge < -0.3 is 23.2 Å². The lowest BCUT2D eigenvalue weighted by molar-refractivity contribution is -0.138. The van der Waals surface area contributed by atoms with Gasteiger partial charge in [0.05, 0.1) is 6.16 Å². The summed E-state index contributed by atoms with van der Waals surface area (Å²) < 4.78 is 0. The lowest BCUT2D eigenvalue weighted by Gasteiger charge is -2.27. The highest BCUT2D eigenvalue weighted by Crippen LogP contribution is 2.58. The second-order valence-electron chi connectivity index (χ2n) is 7.59. The van der Waals surface area contributed by atoms with E-state index in [0.717, 1.165) is 6.16 Å². The molecule has 0 bridgehead atoms. The molecule has 0 saturated heterocycles. The Bertz CT molecular complexity index is 995. The molecule has 0 aliphatic rings. The third-order valence-electron chi connectivity index (χ3n) is 5.24. The largest absolute Gasteiger partial charge is 1.00 e. The minimum Gasteiger partial charge on any atom is -1.00 e. The number of hydrogen-bond donors (Lipinski definition) is 2. The van der Waals surface area contributed by atoms with E-state index in [9.17, 15) is 4.79 Å². The molecule has 4 aromatic carbocycles. The highest BCUT2D eigenvalue weighted by molar-refractivity contribution is 7.95. The van der Waals surface area contributed by atoms with Gasteiger partial charge >= 0.3 is 5.97 Å². The maximum absolute atomic E-state index is 9.57. The second-order valence-corrected chi connectivity index (χ2v) is 11.1. The molecule has 1 unspecified atom stereocenters. The number of benzene rings is 4. The number of nitrogens with two attached hydrogens (primary N) is 1. The van der Waals surface area contributed by atoms with Crippen LogP contribution in [0.4, 0.5) is 0 Å². The van der Waals surface area contributed by atoms with Gasteiger partial charge in [0.25, 0.3) is 0 Å². The fourth-order valence-corrected chi connectivity index (χ4v) is 7.87. The molecule has 33 heavy (non-hydrogen) atoms. The molecule has 0 radical (unpaired) electrons. The Kier molecular flexibility index (Phi) is 10.3. The normalized spacial score (nSPS) is 11.3. The predicted octanol–water partition coefficient (Wildman–Crippen LogP) is 1.60. The first-order chi connectivity index (χ1) is 15.5. The summed E-state index contributed by atoms with van der Waals surface area (Å²) >= 11 is 0. The summed E-state index contributed by atoms with van der Waals surface area (Å²) in [6.07, 6.45) is 1.03. The molecule has 5 heteroatoms. The van der Waals surface area contributed by atoms with Crippen LogP contribution in [0.25, 0.3) is 0 Å². The minimum absolute atomic E-state index is 0. The van der Waals surface area contributed by atoms with Crippen molar-refractivity contribution in [2.75, 3.05) is 0 Å². The molecule has 3 N–H and O–H groups in total. The van der Waals surface area contributed by atoms with Crippen LogP contribution in [0.15, 0.2) is 121 Å². The van der Waals surface area contributed by atoms with Crippen molar-refractivity contribution in [1.29, 1.82) is 0 Å². The summed E-state index contributed by atoms with van der Waals surface area (Å²) in [4.78, 5) is 9.57. The second kappa shape index (κ2) is 12.9. The van der Waals surface area contributed by atoms with Gasteiger partial charge in [-0.15, -0.1) is 0 Å². The molecule has 1 atom stereocenters. The van der Waals surface area contributed by atoms with Crippen molar-refractivity contribution in [1.82, 2.24) is 0 Å². The summed E-state index contributed by atoms with van der Waals surface area (Å²) in [6, 6.07) is 43.3. The summed E-state index contributed by atoms with van der Waals surface area (Å²) in [6.45, 7) is 1.42. The van der Waals surface area contributed by atoms with Crippen molar-refractivity contribution >= 4 is 29.1 Å². The van der Waals surface area contributed by atoms with Gasteiger partial charge in [0, 0.05) is 0 Å². The summed E-state index contributed by atoms with van der Waals surface area (Å²) in [7, 11) is -1.78. The smallest absolute Gasteiger partial charge is 0.320 e. The van der Waals surface area contributed by atoms with Crippen LogP contribution in [0.5, 0.6) is 0 Å². The predicted molar refractivity (Wildman–Crippen MR) is 137 cm³/mol. The van der Waals surface area contributed by atoms with Crippen LogP contribution in [-0.2, 0) is 11.0 Å². The molecule has 0 aliphatic heterocycles. The average Bonchev–Trinajstić information content (AvgIpc) is 2.85. The van der Waals surface area contributed by atoms with Crippen molar-refractivity contribution in [2.45, 2.75) is 19.1 Å². The summed E-state index contributed by atoms with van der Waals surface area (Å²) in [5, 5.41) is 12.2. The van der Waals surface area contributed by atoms with Gasteiger partial charge in [-0.3, -0.25) is 4.79 Å². The van der Waals surface area contributed by atoms with Crippen LogP contribution in [-0.4, -0.2) is 17.1 Å². The Morgan fingerprint density at radius 3 is 1.24 bits per heavy atom. The Balaban J connectivity index is 0.000000491. The van der Waals surface area contributed by atoms with Gasteiger partial charge in [0.2, 0.25) is 0 Å². The Hall–Kier alpha value is -2.97. The third kappa shape index (κ3) is 6.76. The summed E-state index contributed by atoms with van der Waals surface area (Å²) in [5.41, 5.74) is 6.22. The van der Waals surface area contributed by atoms with Gasteiger partial charge in [-0.05, 0) is 48.9 Å². The van der Waals surface area contributed by atoms with Crippen LogP contribution in [0.2, 0.25) is 0 Å². The molecule has 0 heterocycles. The van der Waals surface area contributed by atoms with Crippen LogP contribution in [0.1, 0.15) is 12.5 Å². The van der Waals surface area contributed by atoms with Gasteiger partial charge in [0.15, 0.2) is 0 Å². The molecule has 170 valence electrons. The Morgan fingerprint density at radius 2 is 0.970 bits per heavy atom. The number of carboxylic acid groups (broad SMARTS) is 1. The van der Waals surface area contributed by atoms with E-state index in [0.29, 0.717) is 0 Å². The zero-order valence-electron chi connectivity index (χ0n) is 18.6. The number of halogens is 1. The highest BCUT2D eigenvalue weighted by atomic mass is 35.5. The van der Waals surface area contributed by atoms with E-state index < -0.39 is 19.3 Å². The molecule has 0 saturated carbocycles. The molecule has 3 nitrogen and oxygen atoms in total. The van der Waals surface area contributed by atoms with Crippen LogP contribution in [0, 0.1) is 0 Å². The average molecular weight is 478 g/mol. The zero-order valence-corrected chi connectivity index (χ0v) is 20.2. The Morgan fingerprint density at radius 1 is 0.697 bits per heavy atom. The standard InChI is InChI=1S/C25H22P.C3H7NO2.ClH/c1-5-13-22(14-6-1)21-26(23-15-7-2-8-16-23,24-17-9-3-10-18-24)25-19-11-4-12-20-25;1-2(4)3(5)6;/h1-20H,21H2;2H,4H2,1H3,(H,5,6);1H/q+1;;/p-1. The fraction of sp³-hybridized carbons (Fsp3) is 0.107. The Labute approximate surface area is 203 Å². The lowest BCUT2D eigenvalue weighted by Crippen LogP contribution is -3.00.